The van der Waals surface area contributed by atoms with Crippen LogP contribution in [0.4, 0.5) is 0 Å². The van der Waals surface area contributed by atoms with Crippen LogP contribution in [0.5, 0.6) is 0 Å². The number of aliphatic hydroxyl groups is 1. The van der Waals surface area contributed by atoms with Gasteiger partial charge in [0.15, 0.2) is 0 Å². The first-order valence-corrected chi connectivity index (χ1v) is 2.25. The normalized spacial score (nSPS) is 6.60. The summed E-state index contributed by atoms with van der Waals surface area (Å²) in [6, 6.07) is 0. The van der Waals surface area contributed by atoms with E-state index >= 15 is 0 Å². The van der Waals surface area contributed by atoms with Crippen molar-refractivity contribution >= 4 is 33.6 Å². The second-order valence-electron chi connectivity index (χ2n) is 0.417. The fraction of sp³-hybridized carbons (Fsp3) is 0. The molecule has 0 aromatic heterocycles. The minimum absolute atomic E-state index is 0.190. The van der Waals surface area contributed by atoms with Gasteiger partial charge in [-0.25, -0.2) is 0 Å². The molecule has 2 nitrogen and oxygen atoms in total. The van der Waals surface area contributed by atoms with Crippen molar-refractivity contribution < 1.29 is 5.11 Å². The van der Waals surface area contributed by atoms with E-state index in [0.29, 0.717) is 0 Å². The number of hydrogen-bond donors (Lipinski definition) is 2. The number of nitrogens with one attached hydrogen (secondary N) is 1. The third kappa shape index (κ3) is 4.21. The Labute approximate surface area is 43.6 Å². The van der Waals surface area contributed by atoms with Crippen molar-refractivity contribution in [2.24, 2.45) is 0 Å². The topological polar surface area (TPSA) is 32.3 Å². The van der Waals surface area contributed by atoms with Gasteiger partial charge in [-0.3, -0.25) is 0 Å². The van der Waals surface area contributed by atoms with Gasteiger partial charge in [-0.15, -0.1) is 0 Å². The fourth-order valence-corrected chi connectivity index (χ4v) is 0. The summed E-state index contributed by atoms with van der Waals surface area (Å²) >= 11 is 6.05. The summed E-state index contributed by atoms with van der Waals surface area (Å²) in [4.78, 5) is 0. The van der Waals surface area contributed by atoms with Crippen LogP contribution in [0.15, 0.2) is 0 Å². The summed E-state index contributed by atoms with van der Waals surface area (Å²) in [6.45, 7) is 0. The van der Waals surface area contributed by atoms with Crippen LogP contribution < -0.4 is 4.33 Å². The summed E-state index contributed by atoms with van der Waals surface area (Å²) in [6.07, 6.45) is 0. The van der Waals surface area contributed by atoms with E-state index in [1.165, 1.54) is 0 Å². The van der Waals surface area contributed by atoms with Crippen LogP contribution in [0.25, 0.3) is 0 Å². The van der Waals surface area contributed by atoms with E-state index in [1.807, 2.05) is 16.2 Å². The van der Waals surface area contributed by atoms with Gasteiger partial charge in [-0.05, 0) is 0 Å². The molecule has 0 aliphatic heterocycles. The zero-order valence-electron chi connectivity index (χ0n) is 2.30. The van der Waals surface area contributed by atoms with Gasteiger partial charge in [0.05, 0.1) is 0 Å². The number of hydrogen-bond acceptors (Lipinski definition) is 1. The molecule has 0 saturated carbocycles. The summed E-state index contributed by atoms with van der Waals surface area (Å²) < 4.78 is 2.25. The Morgan fingerprint density at radius 1 is 2.00 bits per heavy atom. The average molecular weight is 156 g/mol. The maximum atomic E-state index is 7.97. The van der Waals surface area contributed by atoms with Crippen molar-refractivity contribution in [2.45, 2.75) is 0 Å². The Balaban J connectivity index is 2.85. The van der Waals surface area contributed by atoms with Crippen LogP contribution in [-0.4, -0.2) is 26.5 Å². The molecule has 0 aliphatic rings. The second kappa shape index (κ2) is 2.45. The molecule has 0 aromatic rings. The quantitative estimate of drug-likeness (QED) is 0.357. The first-order valence-electron chi connectivity index (χ1n) is 0.901. The van der Waals surface area contributed by atoms with Crippen LogP contribution in [-0.2, 0) is 0 Å². The molecule has 0 aliphatic carbocycles. The predicted molar refractivity (Wildman–Crippen MR) is 25.5 cm³/mol. The molecule has 0 fully saturated rings. The zero-order valence-corrected chi connectivity index (χ0v) is 5.00. The Bertz CT molecular complexity index is 46.9. The third-order valence-corrected chi connectivity index (χ3v) is 0.971. The molecule has 30 valence electrons. The van der Waals surface area contributed by atoms with Crippen molar-refractivity contribution in [1.29, 1.82) is 0 Å². The van der Waals surface area contributed by atoms with E-state index in [0.717, 1.165) is 0 Å². The van der Waals surface area contributed by atoms with E-state index in [1.54, 1.807) is 0 Å². The third-order valence-electron chi connectivity index (χ3n) is 0.0956. The monoisotopic (exact) mass is 157 g/mol. The first-order chi connectivity index (χ1) is 2.27. The van der Waals surface area contributed by atoms with Crippen LogP contribution in [0.1, 0.15) is 0 Å². The van der Waals surface area contributed by atoms with E-state index in [2.05, 4.69) is 16.6 Å². The molecule has 0 aromatic carbocycles. The van der Waals surface area contributed by atoms with Crippen molar-refractivity contribution in [3.63, 3.8) is 0 Å². The molecule has 0 heterocycles. The summed E-state index contributed by atoms with van der Waals surface area (Å²) in [7, 11) is 0. The predicted octanol–water partition coefficient (Wildman–Crippen LogP) is -0.765. The Morgan fingerprint density at radius 3 is 2.20 bits per heavy atom. The van der Waals surface area contributed by atoms with Crippen molar-refractivity contribution in [1.82, 2.24) is 4.33 Å². The van der Waals surface area contributed by atoms with Crippen molar-refractivity contribution in [3.8, 4) is 0 Å². The average Bonchev–Trinajstić information content (AvgIpc) is 1.38. The summed E-state index contributed by atoms with van der Waals surface area (Å²) in [5.74, 6) is 0. The molecule has 4 heteroatoms. The number of rotatable bonds is 0. The molecule has 0 amide bonds. The molecule has 5 heavy (non-hydrogen) atoms. The molecule has 0 spiro atoms. The molecule has 0 unspecified atom stereocenters. The van der Waals surface area contributed by atoms with Gasteiger partial charge in [0.1, 0.15) is 0 Å². The molecule has 0 radical (unpaired) electrons. The van der Waals surface area contributed by atoms with Gasteiger partial charge in [-0.2, -0.15) is 0 Å². The second-order valence-corrected chi connectivity index (χ2v) is 1.27. The summed E-state index contributed by atoms with van der Waals surface area (Å²) in [5.41, 5.74) is 0. The van der Waals surface area contributed by atoms with E-state index in [-0.39, 0.29) is 5.17 Å². The molecule has 0 saturated heterocycles. The van der Waals surface area contributed by atoms with Gasteiger partial charge in [0, 0.05) is 0 Å². The summed E-state index contributed by atoms with van der Waals surface area (Å²) in [5, 5.41) is 7.78. The Kier molecular flexibility index (Phi) is 2.55. The van der Waals surface area contributed by atoms with Gasteiger partial charge < -0.3 is 0 Å². The van der Waals surface area contributed by atoms with E-state index in [9.17, 15) is 0 Å². The van der Waals surface area contributed by atoms with Gasteiger partial charge in [0.25, 0.3) is 0 Å². The standard InChI is InChI=1S/CH3NOSSe/c3-1(4)2-5/h5H,(H2,2,3,4). The molecular weight excluding hydrogens is 153 g/mol. The van der Waals surface area contributed by atoms with Crippen molar-refractivity contribution in [2.75, 3.05) is 0 Å². The van der Waals surface area contributed by atoms with E-state index in [4.69, 9.17) is 5.11 Å². The fourth-order valence-electron chi connectivity index (χ4n) is 0. The van der Waals surface area contributed by atoms with Crippen LogP contribution in [0.2, 0.25) is 0 Å². The Morgan fingerprint density at radius 2 is 2.20 bits per heavy atom. The van der Waals surface area contributed by atoms with Crippen LogP contribution >= 0.6 is 12.2 Å². The minimum atomic E-state index is -0.190. The van der Waals surface area contributed by atoms with Crippen LogP contribution in [0.3, 0.4) is 0 Å². The Hall–Kier alpha value is 0.209. The van der Waals surface area contributed by atoms with Gasteiger partial charge in [0.2, 0.25) is 0 Å². The SMILES string of the molecule is OC(=S)N[SeH]. The molecule has 0 bridgehead atoms. The number of thiocarbonyl (C=S) groups is 1. The van der Waals surface area contributed by atoms with Crippen LogP contribution in [0, 0.1) is 0 Å². The number of aliphatic hydroxyl groups excluding tert-OH is 1. The van der Waals surface area contributed by atoms with Gasteiger partial charge in [-0.1, -0.05) is 0 Å². The maximum absolute atomic E-state index is 7.97. The molecular formula is CH3NOSSe. The van der Waals surface area contributed by atoms with Crippen molar-refractivity contribution in [3.05, 3.63) is 0 Å². The first kappa shape index (κ1) is 5.21. The molecule has 0 rings (SSSR count). The van der Waals surface area contributed by atoms with Gasteiger partial charge >= 0.3 is 43.1 Å². The molecule has 2 N–H and O–H groups in total. The molecule has 0 atom stereocenters. The van der Waals surface area contributed by atoms with E-state index < -0.39 is 0 Å². The zero-order chi connectivity index (χ0) is 4.28.